The number of rotatable bonds is 5. The molecule has 1 aromatic carbocycles. The van der Waals surface area contributed by atoms with E-state index in [4.69, 9.17) is 9.47 Å². The molecule has 1 saturated heterocycles. The maximum absolute atomic E-state index is 12.6. The minimum absolute atomic E-state index is 0.273. The Balaban J connectivity index is 1.79. The molecule has 0 atom stereocenters. The van der Waals surface area contributed by atoms with E-state index in [9.17, 15) is 4.79 Å². The van der Waals surface area contributed by atoms with Crippen LogP contribution in [0.15, 0.2) is 36.4 Å². The van der Waals surface area contributed by atoms with Gasteiger partial charge >= 0.3 is 0 Å². The fraction of sp³-hybridized carbons (Fsp3) is 0.368. The summed E-state index contributed by atoms with van der Waals surface area (Å²) in [6.07, 6.45) is 3.59. The molecule has 0 bridgehead atoms. The number of carbonyl (C=O) groups excluding carboxylic acids is 1. The summed E-state index contributed by atoms with van der Waals surface area (Å²) in [5.74, 6) is 1.79. The van der Waals surface area contributed by atoms with Crippen molar-refractivity contribution in [2.24, 2.45) is 0 Å². The van der Waals surface area contributed by atoms with E-state index in [0.717, 1.165) is 18.9 Å². The molecule has 1 aliphatic rings. The number of benzene rings is 1. The lowest BCUT2D eigenvalue weighted by atomic mass is 10.1. The van der Waals surface area contributed by atoms with Crippen molar-refractivity contribution in [1.82, 2.24) is 4.98 Å². The van der Waals surface area contributed by atoms with Crippen LogP contribution in [0, 0.1) is 0 Å². The second kappa shape index (κ2) is 7.88. The molecule has 0 unspecified atom stereocenters. The zero-order chi connectivity index (χ0) is 17.6. The normalized spacial score (nSPS) is 14.1. The van der Waals surface area contributed by atoms with Gasteiger partial charge < -0.3 is 19.7 Å². The van der Waals surface area contributed by atoms with Gasteiger partial charge in [-0.25, -0.2) is 4.98 Å². The average Bonchev–Trinajstić information content (AvgIpc) is 2.68. The number of carbonyl (C=O) groups is 1. The summed E-state index contributed by atoms with van der Waals surface area (Å²) in [4.78, 5) is 19.4. The molecular formula is C19H23N3O3. The Kier molecular flexibility index (Phi) is 5.38. The van der Waals surface area contributed by atoms with Crippen LogP contribution < -0.4 is 19.7 Å². The molecule has 1 aliphatic heterocycles. The van der Waals surface area contributed by atoms with Gasteiger partial charge in [-0.15, -0.1) is 0 Å². The zero-order valence-electron chi connectivity index (χ0n) is 14.6. The Hall–Kier alpha value is -2.76. The highest BCUT2D eigenvalue weighted by Gasteiger charge is 2.16. The summed E-state index contributed by atoms with van der Waals surface area (Å²) in [5.41, 5.74) is 0.935. The minimum atomic E-state index is -0.273. The largest absolute Gasteiger partial charge is 0.497 e. The number of nitrogens with zero attached hydrogens (tertiary/aromatic N) is 2. The molecule has 0 saturated carbocycles. The van der Waals surface area contributed by atoms with Gasteiger partial charge in [0.1, 0.15) is 23.0 Å². The first-order valence-corrected chi connectivity index (χ1v) is 8.46. The van der Waals surface area contributed by atoms with Crippen LogP contribution in [-0.2, 0) is 0 Å². The maximum atomic E-state index is 12.6. The zero-order valence-corrected chi connectivity index (χ0v) is 14.6. The lowest BCUT2D eigenvalue weighted by molar-refractivity contribution is 0.102. The fourth-order valence-electron chi connectivity index (χ4n) is 2.95. The number of aromatic nitrogens is 1. The Bertz CT molecular complexity index is 742. The topological polar surface area (TPSA) is 63.7 Å². The monoisotopic (exact) mass is 341 g/mol. The van der Waals surface area contributed by atoms with Crippen molar-refractivity contribution in [2.75, 3.05) is 37.5 Å². The minimum Gasteiger partial charge on any atom is -0.497 e. The molecule has 1 aromatic heterocycles. The van der Waals surface area contributed by atoms with Gasteiger partial charge in [-0.05, 0) is 43.5 Å². The van der Waals surface area contributed by atoms with Crippen LogP contribution in [0.5, 0.6) is 11.5 Å². The molecule has 1 N–H and O–H groups in total. The van der Waals surface area contributed by atoms with Crippen LogP contribution in [0.3, 0.4) is 0 Å². The summed E-state index contributed by atoms with van der Waals surface area (Å²) < 4.78 is 10.5. The van der Waals surface area contributed by atoms with Gasteiger partial charge in [0.15, 0.2) is 0 Å². The van der Waals surface area contributed by atoms with Gasteiger partial charge in [0.25, 0.3) is 5.91 Å². The second-order valence-electron chi connectivity index (χ2n) is 5.95. The van der Waals surface area contributed by atoms with Gasteiger partial charge in [0.05, 0.1) is 19.9 Å². The fourth-order valence-corrected chi connectivity index (χ4v) is 2.95. The van der Waals surface area contributed by atoms with Crippen LogP contribution in [0.4, 0.5) is 11.5 Å². The molecule has 1 fully saturated rings. The summed E-state index contributed by atoms with van der Waals surface area (Å²) in [5, 5.41) is 2.86. The van der Waals surface area contributed by atoms with Crippen molar-refractivity contribution >= 4 is 17.4 Å². The first-order chi connectivity index (χ1) is 12.2. The molecule has 132 valence electrons. The lowest BCUT2D eigenvalue weighted by Crippen LogP contribution is -2.30. The predicted octanol–water partition coefficient (Wildman–Crippen LogP) is 3.34. The molecule has 6 nitrogen and oxygen atoms in total. The van der Waals surface area contributed by atoms with Crippen molar-refractivity contribution in [3.63, 3.8) is 0 Å². The van der Waals surface area contributed by atoms with Crippen LogP contribution in [-0.4, -0.2) is 38.2 Å². The Morgan fingerprint density at radius 3 is 2.60 bits per heavy atom. The van der Waals surface area contributed by atoms with E-state index < -0.39 is 0 Å². The quantitative estimate of drug-likeness (QED) is 0.904. The van der Waals surface area contributed by atoms with Crippen LogP contribution in [0.1, 0.15) is 29.8 Å². The maximum Gasteiger partial charge on any atom is 0.274 e. The van der Waals surface area contributed by atoms with Gasteiger partial charge in [-0.2, -0.15) is 0 Å². The van der Waals surface area contributed by atoms with Crippen molar-refractivity contribution in [3.8, 4) is 11.5 Å². The summed E-state index contributed by atoms with van der Waals surface area (Å²) in [6, 6.07) is 10.8. The third kappa shape index (κ3) is 4.02. The number of anilines is 2. The Morgan fingerprint density at radius 1 is 1.08 bits per heavy atom. The molecule has 0 radical (unpaired) electrons. The second-order valence-corrected chi connectivity index (χ2v) is 5.95. The molecule has 1 amide bonds. The molecule has 0 aliphatic carbocycles. The smallest absolute Gasteiger partial charge is 0.274 e. The van der Waals surface area contributed by atoms with Gasteiger partial charge in [-0.3, -0.25) is 4.79 Å². The highest BCUT2D eigenvalue weighted by atomic mass is 16.5. The van der Waals surface area contributed by atoms with E-state index in [2.05, 4.69) is 15.2 Å². The Labute approximate surface area is 147 Å². The third-order valence-corrected chi connectivity index (χ3v) is 4.30. The summed E-state index contributed by atoms with van der Waals surface area (Å²) >= 11 is 0. The number of ether oxygens (including phenoxy) is 2. The van der Waals surface area contributed by atoms with E-state index in [0.29, 0.717) is 22.9 Å². The number of piperidine rings is 1. The van der Waals surface area contributed by atoms with Crippen LogP contribution >= 0.6 is 0 Å². The highest BCUT2D eigenvalue weighted by molar-refractivity contribution is 6.04. The standard InChI is InChI=1S/C19H23N3O3/c1-24-14-9-10-17(25-2)16(13-14)21-19(23)15-7-6-8-18(20-15)22-11-4-3-5-12-22/h6-10,13H,3-5,11-12H2,1-2H3,(H,21,23). The van der Waals surface area contributed by atoms with Crippen LogP contribution in [0.2, 0.25) is 0 Å². The predicted molar refractivity (Wildman–Crippen MR) is 97.8 cm³/mol. The number of hydrogen-bond acceptors (Lipinski definition) is 5. The first-order valence-electron chi connectivity index (χ1n) is 8.46. The van der Waals surface area contributed by atoms with E-state index in [1.807, 2.05) is 12.1 Å². The number of nitrogens with one attached hydrogen (secondary N) is 1. The van der Waals surface area contributed by atoms with Gasteiger partial charge in [0, 0.05) is 19.2 Å². The van der Waals surface area contributed by atoms with Crippen molar-refractivity contribution in [1.29, 1.82) is 0 Å². The molecule has 0 spiro atoms. The van der Waals surface area contributed by atoms with Crippen molar-refractivity contribution < 1.29 is 14.3 Å². The number of methoxy groups -OCH3 is 2. The molecule has 2 heterocycles. The SMILES string of the molecule is COc1ccc(OC)c(NC(=O)c2cccc(N3CCCCC3)n2)c1. The molecule has 3 rings (SSSR count). The number of pyridine rings is 1. The summed E-state index contributed by atoms with van der Waals surface area (Å²) in [6.45, 7) is 1.98. The molecule has 6 heteroatoms. The van der Waals surface area contributed by atoms with E-state index in [-0.39, 0.29) is 5.91 Å². The van der Waals surface area contributed by atoms with Crippen LogP contribution in [0.25, 0.3) is 0 Å². The van der Waals surface area contributed by atoms with Crippen molar-refractivity contribution in [2.45, 2.75) is 19.3 Å². The van der Waals surface area contributed by atoms with E-state index in [1.165, 1.54) is 19.3 Å². The van der Waals surface area contributed by atoms with E-state index in [1.54, 1.807) is 38.5 Å². The lowest BCUT2D eigenvalue weighted by Gasteiger charge is -2.27. The molecule has 2 aromatic rings. The first kappa shape index (κ1) is 17.1. The Morgan fingerprint density at radius 2 is 1.88 bits per heavy atom. The molecular weight excluding hydrogens is 318 g/mol. The molecule has 25 heavy (non-hydrogen) atoms. The highest BCUT2D eigenvalue weighted by Crippen LogP contribution is 2.29. The van der Waals surface area contributed by atoms with E-state index >= 15 is 0 Å². The van der Waals surface area contributed by atoms with Gasteiger partial charge in [0.2, 0.25) is 0 Å². The number of hydrogen-bond donors (Lipinski definition) is 1. The third-order valence-electron chi connectivity index (χ3n) is 4.30. The van der Waals surface area contributed by atoms with Crippen molar-refractivity contribution in [3.05, 3.63) is 42.1 Å². The average molecular weight is 341 g/mol. The number of amides is 1. The van der Waals surface area contributed by atoms with Gasteiger partial charge in [-0.1, -0.05) is 6.07 Å². The summed E-state index contributed by atoms with van der Waals surface area (Å²) in [7, 11) is 3.14.